The van der Waals surface area contributed by atoms with E-state index in [4.69, 9.17) is 4.74 Å². The van der Waals surface area contributed by atoms with Gasteiger partial charge in [0.15, 0.2) is 15.6 Å². The lowest BCUT2D eigenvalue weighted by Crippen LogP contribution is -2.35. The number of hydrogen-bond acceptors (Lipinski definition) is 5. The Bertz CT molecular complexity index is 1160. The maximum absolute atomic E-state index is 12.7. The zero-order chi connectivity index (χ0) is 25.1. The largest absolute Gasteiger partial charge is 0.493 e. The van der Waals surface area contributed by atoms with Crippen molar-refractivity contribution in [3.05, 3.63) is 59.2 Å². The first-order valence-corrected chi connectivity index (χ1v) is 15.6. The van der Waals surface area contributed by atoms with E-state index in [1.165, 1.54) is 69.1 Å². The summed E-state index contributed by atoms with van der Waals surface area (Å²) in [6, 6.07) is 13.0. The van der Waals surface area contributed by atoms with Gasteiger partial charge in [-0.3, -0.25) is 4.79 Å². The number of ether oxygens (including phenoxy) is 1. The molecular weight excluding hydrogens is 470 g/mol. The SMILES string of the molecule is CS(=O)(=O)c1ccc(C(=O)CC2CCC(CCN3CCC(c4cccc5c4CCO5)CC3)CC2)cc1. The van der Waals surface area contributed by atoms with Crippen LogP contribution in [-0.2, 0) is 16.3 Å². The minimum Gasteiger partial charge on any atom is -0.493 e. The number of Topliss-reactive ketones (excluding diaryl/α,β-unsaturated/α-hetero) is 1. The monoisotopic (exact) mass is 509 g/mol. The molecule has 0 N–H and O–H groups in total. The summed E-state index contributed by atoms with van der Waals surface area (Å²) < 4.78 is 29.0. The van der Waals surface area contributed by atoms with Gasteiger partial charge in [0.2, 0.25) is 0 Å². The highest BCUT2D eigenvalue weighted by atomic mass is 32.2. The second kappa shape index (κ2) is 11.1. The Balaban J connectivity index is 1.02. The summed E-state index contributed by atoms with van der Waals surface area (Å²) in [5, 5.41) is 0. The molecule has 0 aromatic heterocycles. The van der Waals surface area contributed by atoms with Crippen LogP contribution in [0.1, 0.15) is 78.8 Å². The number of carbonyl (C=O) groups is 1. The normalized spacial score (nSPS) is 23.2. The Morgan fingerprint density at radius 3 is 2.33 bits per heavy atom. The fraction of sp³-hybridized carbons (Fsp3) is 0.567. The first-order chi connectivity index (χ1) is 17.4. The Morgan fingerprint density at radius 1 is 0.944 bits per heavy atom. The van der Waals surface area contributed by atoms with Gasteiger partial charge in [0.05, 0.1) is 11.5 Å². The number of carbonyl (C=O) groups excluding carboxylic acids is 1. The van der Waals surface area contributed by atoms with Crippen molar-refractivity contribution in [3.63, 3.8) is 0 Å². The van der Waals surface area contributed by atoms with Gasteiger partial charge in [-0.25, -0.2) is 8.42 Å². The van der Waals surface area contributed by atoms with Crippen LogP contribution in [0.2, 0.25) is 0 Å². The van der Waals surface area contributed by atoms with Crippen LogP contribution in [0.5, 0.6) is 5.75 Å². The summed E-state index contributed by atoms with van der Waals surface area (Å²) in [6.45, 7) is 4.41. The molecule has 3 aliphatic rings. The maximum atomic E-state index is 12.7. The topological polar surface area (TPSA) is 63.7 Å². The highest BCUT2D eigenvalue weighted by Crippen LogP contribution is 2.38. The molecule has 2 aromatic carbocycles. The van der Waals surface area contributed by atoms with E-state index in [9.17, 15) is 13.2 Å². The summed E-state index contributed by atoms with van der Waals surface area (Å²) in [6.07, 6.45) is 11.3. The number of benzene rings is 2. The zero-order valence-electron chi connectivity index (χ0n) is 21.5. The second-order valence-corrected chi connectivity index (χ2v) is 13.2. The van der Waals surface area contributed by atoms with Crippen molar-refractivity contribution < 1.29 is 17.9 Å². The molecule has 0 radical (unpaired) electrons. The van der Waals surface area contributed by atoms with Crippen LogP contribution < -0.4 is 4.74 Å². The molecule has 2 heterocycles. The second-order valence-electron chi connectivity index (χ2n) is 11.1. The summed E-state index contributed by atoms with van der Waals surface area (Å²) >= 11 is 0. The molecule has 0 amide bonds. The van der Waals surface area contributed by atoms with Crippen molar-refractivity contribution in [2.75, 3.05) is 32.5 Å². The fourth-order valence-electron chi connectivity index (χ4n) is 6.46. The summed E-state index contributed by atoms with van der Waals surface area (Å²) in [5.74, 6) is 3.15. The number of nitrogens with zero attached hydrogens (tertiary/aromatic N) is 1. The third kappa shape index (κ3) is 6.03. The van der Waals surface area contributed by atoms with Crippen molar-refractivity contribution in [3.8, 4) is 5.75 Å². The van der Waals surface area contributed by atoms with Crippen LogP contribution in [0.15, 0.2) is 47.4 Å². The van der Waals surface area contributed by atoms with E-state index in [-0.39, 0.29) is 10.7 Å². The van der Waals surface area contributed by atoms with Gasteiger partial charge in [0.1, 0.15) is 5.75 Å². The first-order valence-electron chi connectivity index (χ1n) is 13.7. The minimum absolute atomic E-state index is 0.136. The van der Waals surface area contributed by atoms with Crippen molar-refractivity contribution in [2.45, 2.75) is 68.6 Å². The number of rotatable bonds is 8. The molecule has 1 aliphatic carbocycles. The molecule has 6 heteroatoms. The molecule has 0 atom stereocenters. The third-order valence-corrected chi connectivity index (χ3v) is 9.83. The van der Waals surface area contributed by atoms with Crippen LogP contribution >= 0.6 is 0 Å². The Morgan fingerprint density at radius 2 is 1.64 bits per heavy atom. The molecule has 1 saturated heterocycles. The standard InChI is InChI=1S/C30H39NO4S/c1-36(33,34)26-11-9-25(10-12-26)29(32)21-23-7-5-22(6-8-23)13-17-31-18-14-24(15-19-31)27-3-2-4-30-28(27)16-20-35-30/h2-4,9-12,22-24H,5-8,13-21H2,1H3. The van der Waals surface area contributed by atoms with Crippen molar-refractivity contribution in [1.82, 2.24) is 4.90 Å². The van der Waals surface area contributed by atoms with Gasteiger partial charge in [-0.05, 0) is 93.3 Å². The van der Waals surface area contributed by atoms with Gasteiger partial charge >= 0.3 is 0 Å². The third-order valence-electron chi connectivity index (χ3n) is 8.70. The molecular formula is C30H39NO4S. The Hall–Kier alpha value is -2.18. The van der Waals surface area contributed by atoms with Gasteiger partial charge in [-0.2, -0.15) is 0 Å². The number of likely N-dealkylation sites (tertiary alicyclic amines) is 1. The van der Waals surface area contributed by atoms with Gasteiger partial charge in [-0.1, -0.05) is 37.1 Å². The van der Waals surface area contributed by atoms with E-state index < -0.39 is 9.84 Å². The molecule has 0 unspecified atom stereocenters. The van der Waals surface area contributed by atoms with E-state index in [2.05, 4.69) is 23.1 Å². The number of ketones is 1. The van der Waals surface area contributed by atoms with E-state index in [1.807, 2.05) is 0 Å². The fourth-order valence-corrected chi connectivity index (χ4v) is 7.09. The van der Waals surface area contributed by atoms with E-state index in [0.717, 1.165) is 37.5 Å². The predicted octanol–water partition coefficient (Wildman–Crippen LogP) is 5.67. The summed E-state index contributed by atoms with van der Waals surface area (Å²) in [7, 11) is -3.23. The van der Waals surface area contributed by atoms with Crippen LogP contribution in [-0.4, -0.2) is 51.6 Å². The average Bonchev–Trinajstić information content (AvgIpc) is 3.37. The quantitative estimate of drug-likeness (QED) is 0.429. The number of sulfone groups is 1. The lowest BCUT2D eigenvalue weighted by atomic mass is 9.78. The molecule has 36 heavy (non-hydrogen) atoms. The molecule has 0 bridgehead atoms. The maximum Gasteiger partial charge on any atom is 0.175 e. The first kappa shape index (κ1) is 25.5. The molecule has 5 rings (SSSR count). The van der Waals surface area contributed by atoms with Crippen LogP contribution in [0.3, 0.4) is 0 Å². The number of fused-ring (bicyclic) bond motifs is 1. The van der Waals surface area contributed by atoms with Gasteiger partial charge in [-0.15, -0.1) is 0 Å². The molecule has 5 nitrogen and oxygen atoms in total. The highest BCUT2D eigenvalue weighted by Gasteiger charge is 2.27. The molecule has 194 valence electrons. The lowest BCUT2D eigenvalue weighted by molar-refractivity contribution is 0.0939. The van der Waals surface area contributed by atoms with Crippen molar-refractivity contribution in [2.24, 2.45) is 11.8 Å². The molecule has 1 saturated carbocycles. The lowest BCUT2D eigenvalue weighted by Gasteiger charge is -2.35. The van der Waals surface area contributed by atoms with E-state index in [1.54, 1.807) is 24.3 Å². The zero-order valence-corrected chi connectivity index (χ0v) is 22.3. The van der Waals surface area contributed by atoms with Gasteiger partial charge in [0, 0.05) is 30.2 Å². The summed E-state index contributed by atoms with van der Waals surface area (Å²) in [4.78, 5) is 15.6. The molecule has 2 aromatic rings. The highest BCUT2D eigenvalue weighted by molar-refractivity contribution is 7.90. The minimum atomic E-state index is -3.23. The van der Waals surface area contributed by atoms with Crippen LogP contribution in [0.25, 0.3) is 0 Å². The molecule has 2 fully saturated rings. The van der Waals surface area contributed by atoms with E-state index in [0.29, 0.717) is 23.8 Å². The molecule has 0 spiro atoms. The predicted molar refractivity (Wildman–Crippen MR) is 143 cm³/mol. The number of hydrogen-bond donors (Lipinski definition) is 0. The summed E-state index contributed by atoms with van der Waals surface area (Å²) in [5.41, 5.74) is 3.61. The average molecular weight is 510 g/mol. The van der Waals surface area contributed by atoms with Crippen molar-refractivity contribution >= 4 is 15.6 Å². The Kier molecular flexibility index (Phi) is 7.82. The molecule has 2 aliphatic heterocycles. The van der Waals surface area contributed by atoms with Crippen molar-refractivity contribution in [1.29, 1.82) is 0 Å². The van der Waals surface area contributed by atoms with E-state index >= 15 is 0 Å². The van der Waals surface area contributed by atoms with Crippen LogP contribution in [0, 0.1) is 11.8 Å². The number of piperidine rings is 1. The Labute approximate surface area is 216 Å². The van der Waals surface area contributed by atoms with Gasteiger partial charge < -0.3 is 9.64 Å². The van der Waals surface area contributed by atoms with Gasteiger partial charge in [0.25, 0.3) is 0 Å². The van der Waals surface area contributed by atoms with Crippen LogP contribution in [0.4, 0.5) is 0 Å². The smallest absolute Gasteiger partial charge is 0.175 e.